The molecule has 0 atom stereocenters. The molecular formula is C10H15Pt. The molecular weight excluding hydrogens is 315 g/mol. The van der Waals surface area contributed by atoms with Crippen molar-refractivity contribution in [2.75, 3.05) is 0 Å². The van der Waals surface area contributed by atoms with Crippen molar-refractivity contribution in [3.8, 4) is 0 Å². The maximum absolute atomic E-state index is 2.58. The Morgan fingerprint density at radius 2 is 2.09 bits per heavy atom. The van der Waals surface area contributed by atoms with Gasteiger partial charge in [0, 0.05) is 0 Å². The molecule has 0 spiro atoms. The van der Waals surface area contributed by atoms with Crippen LogP contribution in [0.15, 0.2) is 23.8 Å². The van der Waals surface area contributed by atoms with Gasteiger partial charge in [-0.25, -0.2) is 0 Å². The van der Waals surface area contributed by atoms with Crippen molar-refractivity contribution in [3.63, 3.8) is 0 Å². The monoisotopic (exact) mass is 330 g/mol. The molecule has 0 heterocycles. The van der Waals surface area contributed by atoms with Crippen molar-refractivity contribution in [3.05, 3.63) is 23.8 Å². The van der Waals surface area contributed by atoms with Crippen LogP contribution in [0.3, 0.4) is 0 Å². The molecule has 0 amide bonds. The fourth-order valence-electron chi connectivity index (χ4n) is 1.47. The fourth-order valence-corrected chi connectivity index (χ4v) is 1.89. The molecule has 0 aromatic rings. The van der Waals surface area contributed by atoms with Crippen molar-refractivity contribution in [2.45, 2.75) is 36.9 Å². The van der Waals surface area contributed by atoms with E-state index in [9.17, 15) is 0 Å². The van der Waals surface area contributed by atoms with E-state index >= 15 is 0 Å². The SMILES string of the molecule is CC[C]([Pt])(CC)C1=CC=CC1. The first-order valence-corrected chi connectivity index (χ1v) is 5.38. The van der Waals surface area contributed by atoms with Crippen LogP contribution in [0.25, 0.3) is 0 Å². The Labute approximate surface area is 80.7 Å². The first-order valence-electron chi connectivity index (χ1n) is 4.25. The van der Waals surface area contributed by atoms with Gasteiger partial charge in [0.2, 0.25) is 0 Å². The maximum atomic E-state index is 2.58. The van der Waals surface area contributed by atoms with Crippen molar-refractivity contribution in [1.29, 1.82) is 0 Å². The van der Waals surface area contributed by atoms with E-state index in [1.165, 1.54) is 19.3 Å². The van der Waals surface area contributed by atoms with E-state index in [0.29, 0.717) is 3.80 Å². The molecule has 1 rings (SSSR count). The second kappa shape index (κ2) is 3.71. The summed E-state index contributed by atoms with van der Waals surface area (Å²) in [6.07, 6.45) is 10.4. The van der Waals surface area contributed by atoms with Crippen molar-refractivity contribution >= 4 is 0 Å². The van der Waals surface area contributed by atoms with Crippen LogP contribution in [0.2, 0.25) is 3.80 Å². The molecule has 0 saturated carbocycles. The van der Waals surface area contributed by atoms with E-state index < -0.39 is 0 Å². The second-order valence-electron chi connectivity index (χ2n) is 2.94. The molecule has 11 heavy (non-hydrogen) atoms. The third kappa shape index (κ3) is 1.85. The summed E-state index contributed by atoms with van der Waals surface area (Å²) >= 11 is 2.58. The summed E-state index contributed by atoms with van der Waals surface area (Å²) < 4.78 is 0.434. The molecule has 0 N–H and O–H groups in total. The van der Waals surface area contributed by atoms with Crippen LogP contribution in [0.1, 0.15) is 33.1 Å². The summed E-state index contributed by atoms with van der Waals surface area (Å²) in [6, 6.07) is 0. The molecule has 1 aliphatic carbocycles. The van der Waals surface area contributed by atoms with Gasteiger partial charge in [0.25, 0.3) is 0 Å². The molecule has 0 radical (unpaired) electrons. The molecule has 1 aliphatic rings. The summed E-state index contributed by atoms with van der Waals surface area (Å²) in [7, 11) is 0. The molecule has 0 aromatic heterocycles. The first-order chi connectivity index (χ1) is 5.23. The van der Waals surface area contributed by atoms with Gasteiger partial charge in [-0.2, -0.15) is 0 Å². The van der Waals surface area contributed by atoms with Crippen LogP contribution >= 0.6 is 0 Å². The summed E-state index contributed by atoms with van der Waals surface area (Å²) in [6.45, 7) is 4.55. The van der Waals surface area contributed by atoms with Crippen molar-refractivity contribution < 1.29 is 19.8 Å². The van der Waals surface area contributed by atoms with Crippen LogP contribution < -0.4 is 0 Å². The predicted molar refractivity (Wildman–Crippen MR) is 45.1 cm³/mol. The topological polar surface area (TPSA) is 0 Å². The van der Waals surface area contributed by atoms with Crippen LogP contribution in [0.4, 0.5) is 0 Å². The average Bonchev–Trinajstić information content (AvgIpc) is 2.55. The summed E-state index contributed by atoms with van der Waals surface area (Å²) in [5.41, 5.74) is 1.60. The zero-order valence-corrected chi connectivity index (χ0v) is 9.44. The van der Waals surface area contributed by atoms with E-state index in [2.05, 4.69) is 51.9 Å². The minimum absolute atomic E-state index is 0.434. The van der Waals surface area contributed by atoms with Gasteiger partial charge >= 0.3 is 80.5 Å². The van der Waals surface area contributed by atoms with Gasteiger partial charge in [0.1, 0.15) is 0 Å². The Kier molecular flexibility index (Phi) is 3.13. The Hall–Kier alpha value is 0.168. The third-order valence-electron chi connectivity index (χ3n) is 2.40. The van der Waals surface area contributed by atoms with Gasteiger partial charge in [-0.1, -0.05) is 0 Å². The van der Waals surface area contributed by atoms with E-state index in [4.69, 9.17) is 0 Å². The zero-order chi connectivity index (χ0) is 8.32. The summed E-state index contributed by atoms with van der Waals surface area (Å²) in [4.78, 5) is 0. The van der Waals surface area contributed by atoms with Crippen molar-refractivity contribution in [2.24, 2.45) is 0 Å². The molecule has 0 fully saturated rings. The Balaban J connectivity index is 2.70. The Morgan fingerprint density at radius 3 is 2.45 bits per heavy atom. The van der Waals surface area contributed by atoms with Crippen LogP contribution in [-0.4, -0.2) is 0 Å². The van der Waals surface area contributed by atoms with Gasteiger partial charge in [0.15, 0.2) is 0 Å². The van der Waals surface area contributed by atoms with Crippen LogP contribution in [0.5, 0.6) is 0 Å². The molecule has 0 nitrogen and oxygen atoms in total. The number of hydrogen-bond acceptors (Lipinski definition) is 0. The molecule has 0 unspecified atom stereocenters. The number of allylic oxidation sites excluding steroid dienone is 4. The molecule has 0 aromatic carbocycles. The minimum atomic E-state index is 0.434. The average molecular weight is 330 g/mol. The van der Waals surface area contributed by atoms with Gasteiger partial charge in [-0.3, -0.25) is 0 Å². The van der Waals surface area contributed by atoms with Gasteiger partial charge in [0.05, 0.1) is 0 Å². The molecule has 0 aliphatic heterocycles. The number of hydrogen-bond donors (Lipinski definition) is 0. The summed E-state index contributed by atoms with van der Waals surface area (Å²) in [5, 5.41) is 0. The molecule has 65 valence electrons. The number of rotatable bonds is 3. The molecule has 0 saturated heterocycles. The van der Waals surface area contributed by atoms with E-state index in [1.807, 2.05) is 0 Å². The van der Waals surface area contributed by atoms with Gasteiger partial charge < -0.3 is 0 Å². The molecule has 0 bridgehead atoms. The molecule has 1 heteroatoms. The van der Waals surface area contributed by atoms with Crippen molar-refractivity contribution in [1.82, 2.24) is 0 Å². The predicted octanol–water partition coefficient (Wildman–Crippen LogP) is 3.40. The second-order valence-corrected chi connectivity index (χ2v) is 5.11. The normalized spacial score (nSPS) is 17.3. The van der Waals surface area contributed by atoms with E-state index in [-0.39, 0.29) is 0 Å². The quantitative estimate of drug-likeness (QED) is 0.744. The Bertz CT molecular complexity index is 185. The third-order valence-corrected chi connectivity index (χ3v) is 4.74. The fraction of sp³-hybridized carbons (Fsp3) is 0.600. The van der Waals surface area contributed by atoms with Gasteiger partial charge in [-0.15, -0.1) is 0 Å². The summed E-state index contributed by atoms with van der Waals surface area (Å²) in [5.74, 6) is 0. The van der Waals surface area contributed by atoms with Crippen LogP contribution in [0, 0.1) is 0 Å². The zero-order valence-electron chi connectivity index (χ0n) is 7.17. The van der Waals surface area contributed by atoms with E-state index in [1.54, 1.807) is 5.57 Å². The first kappa shape index (κ1) is 9.26. The van der Waals surface area contributed by atoms with E-state index in [0.717, 1.165) is 0 Å². The van der Waals surface area contributed by atoms with Gasteiger partial charge in [-0.05, 0) is 0 Å². The Morgan fingerprint density at radius 1 is 1.45 bits per heavy atom. The van der Waals surface area contributed by atoms with Crippen LogP contribution in [-0.2, 0) is 19.8 Å². The standard InChI is InChI=1S/C10H15.Pt/c1-3-9(4-2)10-7-5-6-8-10;/h5-7H,3-4,8H2,1-2H3;.